The molecule has 152 valence electrons. The van der Waals surface area contributed by atoms with Crippen LogP contribution in [0.15, 0.2) is 18.5 Å². The summed E-state index contributed by atoms with van der Waals surface area (Å²) >= 11 is 0. The van der Waals surface area contributed by atoms with E-state index in [1.165, 1.54) is 10.8 Å². The van der Waals surface area contributed by atoms with E-state index in [1.54, 1.807) is 12.1 Å². The second-order valence-corrected chi connectivity index (χ2v) is 8.03. The van der Waals surface area contributed by atoms with Crippen molar-refractivity contribution in [3.05, 3.63) is 24.2 Å². The Labute approximate surface area is 165 Å². The molecule has 4 N–H and O–H groups in total. The highest BCUT2D eigenvalue weighted by Crippen LogP contribution is 2.59. The fourth-order valence-electron chi connectivity index (χ4n) is 4.68. The van der Waals surface area contributed by atoms with Gasteiger partial charge in [-0.25, -0.2) is 9.50 Å². The molecule has 2 aliphatic carbocycles. The zero-order chi connectivity index (χ0) is 20.4. The average Bonchev–Trinajstić information content (AvgIpc) is 3.04. The molecule has 1 aliphatic heterocycles. The van der Waals surface area contributed by atoms with Crippen molar-refractivity contribution < 1.29 is 24.5 Å². The molecule has 2 aromatic heterocycles. The van der Waals surface area contributed by atoms with Crippen molar-refractivity contribution in [2.24, 2.45) is 5.92 Å². The summed E-state index contributed by atoms with van der Waals surface area (Å²) in [6.45, 7) is 0. The largest absolute Gasteiger partial charge is 0.456 e. The molecule has 29 heavy (non-hydrogen) atoms. The van der Waals surface area contributed by atoms with E-state index in [9.17, 15) is 20.3 Å². The Balaban J connectivity index is 1.41. The van der Waals surface area contributed by atoms with Crippen LogP contribution in [0, 0.1) is 17.2 Å². The molecule has 3 fully saturated rings. The van der Waals surface area contributed by atoms with Crippen LogP contribution in [-0.2, 0) is 19.9 Å². The first-order valence-corrected chi connectivity index (χ1v) is 9.72. The number of nitrogens with zero attached hydrogens (tertiary/aromatic N) is 4. The average molecular weight is 399 g/mol. The number of rotatable bonds is 3. The predicted octanol–water partition coefficient (Wildman–Crippen LogP) is 0.0269. The van der Waals surface area contributed by atoms with E-state index >= 15 is 0 Å². The molecule has 0 aromatic carbocycles. The molecular formula is C19H21N5O5. The summed E-state index contributed by atoms with van der Waals surface area (Å²) in [4.78, 5) is 16.3. The predicted molar refractivity (Wildman–Crippen MR) is 97.0 cm³/mol. The fraction of sp³-hybridized carbons (Fsp3) is 0.579. The van der Waals surface area contributed by atoms with Gasteiger partial charge in [-0.1, -0.05) is 19.3 Å². The molecule has 2 aromatic rings. The third-order valence-electron chi connectivity index (χ3n) is 6.42. The van der Waals surface area contributed by atoms with Gasteiger partial charge < -0.3 is 25.4 Å². The van der Waals surface area contributed by atoms with Crippen LogP contribution in [0.4, 0.5) is 5.82 Å². The van der Waals surface area contributed by atoms with Crippen LogP contribution in [0.25, 0.3) is 5.52 Å². The van der Waals surface area contributed by atoms with Gasteiger partial charge in [-0.3, -0.25) is 4.79 Å². The van der Waals surface area contributed by atoms with Gasteiger partial charge in [0.15, 0.2) is 17.5 Å². The SMILES string of the molecule is N#C[C@@]1(c2ccc3c(N)ncnn23)O[C@@H]2C(OC(=O)C3CCCCC3)[C@]2(O)[C@H]1O. The van der Waals surface area contributed by atoms with E-state index in [2.05, 4.69) is 10.1 Å². The van der Waals surface area contributed by atoms with Crippen LogP contribution in [0.5, 0.6) is 0 Å². The van der Waals surface area contributed by atoms with Crippen LogP contribution in [0.2, 0.25) is 0 Å². The van der Waals surface area contributed by atoms with Crippen molar-refractivity contribution in [2.75, 3.05) is 5.73 Å². The highest BCUT2D eigenvalue weighted by Gasteiger charge is 2.84. The van der Waals surface area contributed by atoms with Crippen molar-refractivity contribution in [1.29, 1.82) is 5.26 Å². The number of esters is 1. The second-order valence-electron chi connectivity index (χ2n) is 8.03. The molecule has 0 spiro atoms. The first-order chi connectivity index (χ1) is 13.9. The van der Waals surface area contributed by atoms with Gasteiger partial charge in [0, 0.05) is 0 Å². The molecule has 5 atom stereocenters. The standard InChI is InChI=1S/C19H21N5O5/c20-8-18(12-7-6-11-15(21)22-9-23-24(11)12)17(26)19(27)13(14(19)29-18)28-16(25)10-4-2-1-3-5-10/h6-7,9-10,13-14,17,26-27H,1-5H2,(H2,21,22,23)/t13?,14-,17+,18+,19-/m1/s1. The minimum absolute atomic E-state index is 0.194. The van der Waals surface area contributed by atoms with E-state index in [0.717, 1.165) is 32.1 Å². The Morgan fingerprint density at radius 3 is 2.79 bits per heavy atom. The number of nitrogens with two attached hydrogens (primary N) is 1. The number of hydrogen-bond acceptors (Lipinski definition) is 9. The number of aromatic nitrogens is 3. The zero-order valence-corrected chi connectivity index (χ0v) is 15.6. The Bertz CT molecular complexity index is 1030. The Morgan fingerprint density at radius 1 is 1.38 bits per heavy atom. The van der Waals surface area contributed by atoms with Gasteiger partial charge >= 0.3 is 5.97 Å². The number of hydrogen-bond donors (Lipinski definition) is 3. The minimum Gasteiger partial charge on any atom is -0.456 e. The summed E-state index contributed by atoms with van der Waals surface area (Å²) in [6.07, 6.45) is 2.17. The summed E-state index contributed by atoms with van der Waals surface area (Å²) in [5.74, 6) is -0.375. The number of nitriles is 1. The van der Waals surface area contributed by atoms with Crippen LogP contribution in [-0.4, -0.2) is 54.7 Å². The van der Waals surface area contributed by atoms with E-state index in [4.69, 9.17) is 15.2 Å². The lowest BCUT2D eigenvalue weighted by atomic mass is 9.89. The van der Waals surface area contributed by atoms with Crippen LogP contribution in [0.1, 0.15) is 37.8 Å². The Morgan fingerprint density at radius 2 is 2.14 bits per heavy atom. The molecule has 1 saturated heterocycles. The third-order valence-corrected chi connectivity index (χ3v) is 6.42. The van der Waals surface area contributed by atoms with Gasteiger partial charge in [0.25, 0.3) is 0 Å². The van der Waals surface area contributed by atoms with E-state index in [-0.39, 0.29) is 23.4 Å². The molecule has 10 heteroatoms. The number of nitrogen functional groups attached to an aromatic ring is 1. The minimum atomic E-state index is -1.87. The lowest BCUT2D eigenvalue weighted by Gasteiger charge is -2.30. The maximum Gasteiger partial charge on any atom is 0.309 e. The maximum absolute atomic E-state index is 12.4. The zero-order valence-electron chi connectivity index (χ0n) is 15.6. The molecule has 0 bridgehead atoms. The van der Waals surface area contributed by atoms with Crippen molar-refractivity contribution in [1.82, 2.24) is 14.6 Å². The fourth-order valence-corrected chi connectivity index (χ4v) is 4.68. The van der Waals surface area contributed by atoms with Gasteiger partial charge in [0.05, 0.1) is 11.6 Å². The number of fused-ring (bicyclic) bond motifs is 2. The summed E-state index contributed by atoms with van der Waals surface area (Å²) in [5, 5.41) is 35.8. The summed E-state index contributed by atoms with van der Waals surface area (Å²) < 4.78 is 12.6. The van der Waals surface area contributed by atoms with Gasteiger partial charge in [0.2, 0.25) is 5.60 Å². The Kier molecular flexibility index (Phi) is 3.87. The molecule has 0 amide bonds. The molecule has 3 heterocycles. The van der Waals surface area contributed by atoms with Gasteiger partial charge in [-0.2, -0.15) is 10.4 Å². The summed E-state index contributed by atoms with van der Waals surface area (Å²) in [6, 6.07) is 5.12. The molecule has 1 unspecified atom stereocenters. The quantitative estimate of drug-likeness (QED) is 0.606. The number of anilines is 1. The first kappa shape index (κ1) is 18.3. The van der Waals surface area contributed by atoms with Crippen LogP contribution >= 0.6 is 0 Å². The number of ether oxygens (including phenoxy) is 2. The number of carbonyl (C=O) groups excluding carboxylic acids is 1. The molecule has 3 aliphatic rings. The monoisotopic (exact) mass is 399 g/mol. The van der Waals surface area contributed by atoms with Gasteiger partial charge in [0.1, 0.15) is 30.1 Å². The van der Waals surface area contributed by atoms with E-state index in [1.807, 2.05) is 6.07 Å². The molecule has 0 radical (unpaired) electrons. The third kappa shape index (κ3) is 2.35. The molecule has 5 rings (SSSR count). The van der Waals surface area contributed by atoms with E-state index in [0.29, 0.717) is 5.52 Å². The van der Waals surface area contributed by atoms with Crippen molar-refractivity contribution in [3.8, 4) is 6.07 Å². The normalized spacial score (nSPS) is 36.5. The van der Waals surface area contributed by atoms with E-state index < -0.39 is 29.5 Å². The number of aliphatic hydroxyl groups is 2. The lowest BCUT2D eigenvalue weighted by Crippen LogP contribution is -2.48. The molecule has 2 saturated carbocycles. The number of carbonyl (C=O) groups is 1. The highest BCUT2D eigenvalue weighted by molar-refractivity contribution is 5.73. The first-order valence-electron chi connectivity index (χ1n) is 9.72. The van der Waals surface area contributed by atoms with Crippen LogP contribution in [0.3, 0.4) is 0 Å². The molecular weight excluding hydrogens is 378 g/mol. The van der Waals surface area contributed by atoms with Gasteiger partial charge in [-0.05, 0) is 25.0 Å². The van der Waals surface area contributed by atoms with Crippen molar-refractivity contribution >= 4 is 17.3 Å². The van der Waals surface area contributed by atoms with Crippen molar-refractivity contribution in [3.63, 3.8) is 0 Å². The van der Waals surface area contributed by atoms with Crippen LogP contribution < -0.4 is 5.73 Å². The lowest BCUT2D eigenvalue weighted by molar-refractivity contribution is -0.164. The Hall–Kier alpha value is -2.74. The second kappa shape index (κ2) is 6.13. The maximum atomic E-state index is 12.4. The summed E-state index contributed by atoms with van der Waals surface area (Å²) in [7, 11) is 0. The smallest absolute Gasteiger partial charge is 0.309 e. The van der Waals surface area contributed by atoms with Gasteiger partial charge in [-0.15, -0.1) is 0 Å². The highest BCUT2D eigenvalue weighted by atomic mass is 16.6. The molecule has 10 nitrogen and oxygen atoms in total. The van der Waals surface area contributed by atoms with Crippen molar-refractivity contribution in [2.45, 2.75) is 61.6 Å². The number of aliphatic hydroxyl groups excluding tert-OH is 1. The topological polar surface area (TPSA) is 156 Å². The summed E-state index contributed by atoms with van der Waals surface area (Å²) in [5.41, 5.74) is 2.78.